The fraction of sp³-hybridized carbons (Fsp3) is 0.895. The van der Waals surface area contributed by atoms with Crippen LogP contribution in [0.3, 0.4) is 0 Å². The number of esters is 2. The van der Waals surface area contributed by atoms with Gasteiger partial charge in [0.1, 0.15) is 5.60 Å². The third kappa shape index (κ3) is 8.67. The smallest absolute Gasteiger partial charge is 0.306 e. The molecule has 0 saturated carbocycles. The molecule has 1 rings (SSSR count). The number of ether oxygens (including phenoxy) is 2. The second-order valence-electron chi connectivity index (χ2n) is 7.30. The quantitative estimate of drug-likeness (QED) is 0.459. The molecule has 0 unspecified atom stereocenters. The molecule has 0 radical (unpaired) electrons. The standard InChI is InChI=1S/C19H35NO4/c1-19(2,16-12-14-20-15-13-16)24-18(22)11-9-7-5-4-6-8-10-17(21)23-3/h16,20H,4-15H2,1-3H3. The third-order valence-corrected chi connectivity index (χ3v) is 4.94. The van der Waals surface area contributed by atoms with Gasteiger partial charge in [-0.15, -0.1) is 0 Å². The lowest BCUT2D eigenvalue weighted by atomic mass is 9.83. The molecule has 1 aliphatic rings. The van der Waals surface area contributed by atoms with E-state index in [2.05, 4.69) is 10.1 Å². The monoisotopic (exact) mass is 341 g/mol. The molecule has 0 amide bonds. The van der Waals surface area contributed by atoms with Crippen LogP contribution in [0.1, 0.15) is 78.1 Å². The third-order valence-electron chi connectivity index (χ3n) is 4.94. The van der Waals surface area contributed by atoms with E-state index in [0.717, 1.165) is 64.5 Å². The fourth-order valence-corrected chi connectivity index (χ4v) is 3.29. The molecule has 0 bridgehead atoms. The van der Waals surface area contributed by atoms with Crippen molar-refractivity contribution < 1.29 is 19.1 Å². The number of carbonyl (C=O) groups excluding carboxylic acids is 2. The summed E-state index contributed by atoms with van der Waals surface area (Å²) >= 11 is 0. The Labute approximate surface area is 146 Å². The van der Waals surface area contributed by atoms with E-state index in [1.165, 1.54) is 7.11 Å². The molecule has 0 aromatic rings. The largest absolute Gasteiger partial charge is 0.469 e. The van der Waals surface area contributed by atoms with Crippen molar-refractivity contribution in [3.05, 3.63) is 0 Å². The van der Waals surface area contributed by atoms with Crippen LogP contribution in [0.25, 0.3) is 0 Å². The van der Waals surface area contributed by atoms with Crippen LogP contribution < -0.4 is 5.32 Å². The summed E-state index contributed by atoms with van der Waals surface area (Å²) in [7, 11) is 1.42. The topological polar surface area (TPSA) is 64.6 Å². The molecule has 1 heterocycles. The lowest BCUT2D eigenvalue weighted by molar-refractivity contribution is -0.163. The molecule has 1 aliphatic heterocycles. The van der Waals surface area contributed by atoms with Crippen molar-refractivity contribution in [2.45, 2.75) is 83.7 Å². The Balaban J connectivity index is 2.04. The first kappa shape index (κ1) is 20.9. The van der Waals surface area contributed by atoms with Crippen LogP contribution in [0.5, 0.6) is 0 Å². The Morgan fingerprint density at radius 3 is 1.96 bits per heavy atom. The number of nitrogens with one attached hydrogen (secondary N) is 1. The maximum Gasteiger partial charge on any atom is 0.306 e. The minimum absolute atomic E-state index is 0.0655. The molecule has 1 fully saturated rings. The van der Waals surface area contributed by atoms with E-state index in [0.29, 0.717) is 18.8 Å². The van der Waals surface area contributed by atoms with E-state index in [-0.39, 0.29) is 17.5 Å². The Morgan fingerprint density at radius 1 is 0.917 bits per heavy atom. The van der Waals surface area contributed by atoms with Crippen LogP contribution >= 0.6 is 0 Å². The second-order valence-corrected chi connectivity index (χ2v) is 7.30. The highest BCUT2D eigenvalue weighted by molar-refractivity contribution is 5.69. The van der Waals surface area contributed by atoms with Crippen molar-refractivity contribution in [2.24, 2.45) is 5.92 Å². The first-order valence-corrected chi connectivity index (χ1v) is 9.45. The van der Waals surface area contributed by atoms with Gasteiger partial charge in [0.2, 0.25) is 0 Å². The highest BCUT2D eigenvalue weighted by atomic mass is 16.6. The lowest BCUT2D eigenvalue weighted by Gasteiger charge is -2.36. The predicted molar refractivity (Wildman–Crippen MR) is 94.7 cm³/mol. The SMILES string of the molecule is COC(=O)CCCCCCCCC(=O)OC(C)(C)C1CCNCC1. The summed E-state index contributed by atoms with van der Waals surface area (Å²) in [5.74, 6) is 0.260. The summed E-state index contributed by atoms with van der Waals surface area (Å²) in [6.45, 7) is 6.12. The molecule has 1 saturated heterocycles. The van der Waals surface area contributed by atoms with Gasteiger partial charge in [0.15, 0.2) is 0 Å². The molecule has 5 nitrogen and oxygen atoms in total. The summed E-state index contributed by atoms with van der Waals surface area (Å²) in [5, 5.41) is 3.35. The van der Waals surface area contributed by atoms with Crippen molar-refractivity contribution in [3.8, 4) is 0 Å². The van der Waals surface area contributed by atoms with Gasteiger partial charge in [0, 0.05) is 18.8 Å². The van der Waals surface area contributed by atoms with Gasteiger partial charge in [-0.2, -0.15) is 0 Å². The summed E-state index contributed by atoms with van der Waals surface area (Å²) in [4.78, 5) is 23.0. The van der Waals surface area contributed by atoms with Crippen LogP contribution in [0, 0.1) is 5.92 Å². The van der Waals surface area contributed by atoms with Crippen molar-refractivity contribution >= 4 is 11.9 Å². The second kappa shape index (κ2) is 11.5. The van der Waals surface area contributed by atoms with Crippen LogP contribution in [-0.2, 0) is 19.1 Å². The Morgan fingerprint density at radius 2 is 1.42 bits per heavy atom. The molecular weight excluding hydrogens is 306 g/mol. The lowest BCUT2D eigenvalue weighted by Crippen LogP contribution is -2.42. The van der Waals surface area contributed by atoms with Gasteiger partial charge in [0.05, 0.1) is 7.11 Å². The van der Waals surface area contributed by atoms with E-state index < -0.39 is 0 Å². The number of unbranched alkanes of at least 4 members (excludes halogenated alkanes) is 5. The minimum Gasteiger partial charge on any atom is -0.469 e. The highest BCUT2D eigenvalue weighted by Crippen LogP contribution is 2.29. The zero-order valence-corrected chi connectivity index (χ0v) is 15.7. The van der Waals surface area contributed by atoms with Crippen LogP contribution in [-0.4, -0.2) is 37.7 Å². The number of hydrogen-bond donors (Lipinski definition) is 1. The minimum atomic E-state index is -0.354. The molecule has 0 atom stereocenters. The molecule has 0 aromatic heterocycles. The van der Waals surface area contributed by atoms with Gasteiger partial charge in [-0.05, 0) is 52.6 Å². The van der Waals surface area contributed by atoms with Crippen LogP contribution in [0.4, 0.5) is 0 Å². The first-order valence-electron chi connectivity index (χ1n) is 9.45. The highest BCUT2D eigenvalue weighted by Gasteiger charge is 2.33. The number of rotatable bonds is 11. The Bertz CT molecular complexity index is 376. The first-order chi connectivity index (χ1) is 11.5. The van der Waals surface area contributed by atoms with E-state index in [1.54, 1.807) is 0 Å². The van der Waals surface area contributed by atoms with E-state index in [9.17, 15) is 9.59 Å². The summed E-state index contributed by atoms with van der Waals surface area (Å²) < 4.78 is 10.4. The van der Waals surface area contributed by atoms with Crippen molar-refractivity contribution in [2.75, 3.05) is 20.2 Å². The van der Waals surface area contributed by atoms with Crippen molar-refractivity contribution in [3.63, 3.8) is 0 Å². The number of methoxy groups -OCH3 is 1. The van der Waals surface area contributed by atoms with Gasteiger partial charge in [0.25, 0.3) is 0 Å². The van der Waals surface area contributed by atoms with Crippen molar-refractivity contribution in [1.29, 1.82) is 0 Å². The van der Waals surface area contributed by atoms with Gasteiger partial charge in [-0.3, -0.25) is 9.59 Å². The summed E-state index contributed by atoms with van der Waals surface area (Å²) in [5.41, 5.74) is -0.354. The zero-order valence-electron chi connectivity index (χ0n) is 15.7. The summed E-state index contributed by atoms with van der Waals surface area (Å²) in [6, 6.07) is 0. The molecular formula is C19H35NO4. The molecule has 1 N–H and O–H groups in total. The van der Waals surface area contributed by atoms with Gasteiger partial charge in [-0.25, -0.2) is 0 Å². The molecule has 140 valence electrons. The molecule has 0 spiro atoms. The normalized spacial score (nSPS) is 16.0. The van der Waals surface area contributed by atoms with Crippen LogP contribution in [0.2, 0.25) is 0 Å². The molecule has 5 heteroatoms. The van der Waals surface area contributed by atoms with Gasteiger partial charge < -0.3 is 14.8 Å². The van der Waals surface area contributed by atoms with Gasteiger partial charge in [-0.1, -0.05) is 25.7 Å². The summed E-state index contributed by atoms with van der Waals surface area (Å²) in [6.07, 6.45) is 9.24. The molecule has 0 aliphatic carbocycles. The maximum absolute atomic E-state index is 12.1. The van der Waals surface area contributed by atoms with Gasteiger partial charge >= 0.3 is 11.9 Å². The average Bonchev–Trinajstić information content (AvgIpc) is 2.57. The van der Waals surface area contributed by atoms with Crippen LogP contribution in [0.15, 0.2) is 0 Å². The average molecular weight is 341 g/mol. The Hall–Kier alpha value is -1.10. The van der Waals surface area contributed by atoms with E-state index >= 15 is 0 Å². The number of hydrogen-bond acceptors (Lipinski definition) is 5. The molecule has 24 heavy (non-hydrogen) atoms. The molecule has 0 aromatic carbocycles. The number of piperidine rings is 1. The van der Waals surface area contributed by atoms with Crippen molar-refractivity contribution in [1.82, 2.24) is 5.32 Å². The predicted octanol–water partition coefficient (Wildman–Crippen LogP) is 3.60. The van der Waals surface area contributed by atoms with E-state index in [1.807, 2.05) is 13.8 Å². The fourth-order valence-electron chi connectivity index (χ4n) is 3.29. The number of carbonyl (C=O) groups is 2. The maximum atomic E-state index is 12.1. The zero-order chi connectivity index (χ0) is 17.8. The Kier molecular flexibility index (Phi) is 9.99. The van der Waals surface area contributed by atoms with E-state index in [4.69, 9.17) is 4.74 Å².